The van der Waals surface area contributed by atoms with Crippen molar-refractivity contribution in [3.05, 3.63) is 12.2 Å². The van der Waals surface area contributed by atoms with Crippen LogP contribution in [0.15, 0.2) is 12.2 Å². The third-order valence-corrected chi connectivity index (χ3v) is 1.49. The third kappa shape index (κ3) is 2.15. The Morgan fingerprint density at radius 1 is 1.50 bits per heavy atom. The van der Waals surface area contributed by atoms with Crippen LogP contribution in [0.25, 0.3) is 0 Å². The Morgan fingerprint density at radius 3 is 2.75 bits per heavy atom. The summed E-state index contributed by atoms with van der Waals surface area (Å²) in [7, 11) is 0. The molecule has 0 heterocycles. The lowest BCUT2D eigenvalue weighted by molar-refractivity contribution is 0.945. The standard InChI is InChI=1S/C8H14/c1-2-3-4-5-8-6-7-8/h4-5,8H,2-3,6-7H2,1H3. The highest BCUT2D eigenvalue weighted by Crippen LogP contribution is 2.30. The normalized spacial score (nSPS) is 20.1. The maximum atomic E-state index is 2.36. The van der Waals surface area contributed by atoms with Crippen LogP contribution in [-0.2, 0) is 0 Å². The molecule has 0 bridgehead atoms. The molecule has 0 amide bonds. The van der Waals surface area contributed by atoms with E-state index in [1.54, 1.807) is 0 Å². The Balaban J connectivity index is 1.96. The maximum Gasteiger partial charge on any atom is -0.0233 e. The fourth-order valence-electron chi connectivity index (χ4n) is 0.744. The van der Waals surface area contributed by atoms with Gasteiger partial charge in [-0.25, -0.2) is 0 Å². The summed E-state index contributed by atoms with van der Waals surface area (Å²) in [6, 6.07) is 0. The van der Waals surface area contributed by atoms with Crippen LogP contribution >= 0.6 is 0 Å². The lowest BCUT2D eigenvalue weighted by atomic mass is 10.3. The molecule has 0 aromatic heterocycles. The van der Waals surface area contributed by atoms with E-state index in [2.05, 4.69) is 19.1 Å². The summed E-state index contributed by atoms with van der Waals surface area (Å²) in [5.74, 6) is 0.974. The van der Waals surface area contributed by atoms with Crippen molar-refractivity contribution in [3.8, 4) is 0 Å². The zero-order chi connectivity index (χ0) is 5.82. The second kappa shape index (κ2) is 2.91. The van der Waals surface area contributed by atoms with E-state index in [4.69, 9.17) is 0 Å². The van der Waals surface area contributed by atoms with Gasteiger partial charge in [0, 0.05) is 0 Å². The fourth-order valence-corrected chi connectivity index (χ4v) is 0.744. The molecule has 1 saturated carbocycles. The van der Waals surface area contributed by atoms with Gasteiger partial charge in [0.1, 0.15) is 0 Å². The molecule has 0 radical (unpaired) electrons. The van der Waals surface area contributed by atoms with Crippen molar-refractivity contribution < 1.29 is 0 Å². The van der Waals surface area contributed by atoms with E-state index < -0.39 is 0 Å². The van der Waals surface area contributed by atoms with Crippen LogP contribution < -0.4 is 0 Å². The summed E-state index contributed by atoms with van der Waals surface area (Å²) >= 11 is 0. The van der Waals surface area contributed by atoms with Crippen molar-refractivity contribution in [1.82, 2.24) is 0 Å². The number of rotatable bonds is 3. The molecule has 0 nitrogen and oxygen atoms in total. The number of hydrogen-bond acceptors (Lipinski definition) is 0. The van der Waals surface area contributed by atoms with E-state index in [9.17, 15) is 0 Å². The van der Waals surface area contributed by atoms with Gasteiger partial charge in [0.25, 0.3) is 0 Å². The van der Waals surface area contributed by atoms with Crippen LogP contribution in [0, 0.1) is 5.92 Å². The Labute approximate surface area is 51.6 Å². The maximum absolute atomic E-state index is 2.36. The summed E-state index contributed by atoms with van der Waals surface area (Å²) < 4.78 is 0. The van der Waals surface area contributed by atoms with E-state index in [0.717, 1.165) is 5.92 Å². The summed E-state index contributed by atoms with van der Waals surface area (Å²) in [5, 5.41) is 0. The van der Waals surface area contributed by atoms with Gasteiger partial charge in [-0.1, -0.05) is 25.5 Å². The van der Waals surface area contributed by atoms with Crippen molar-refractivity contribution in [2.75, 3.05) is 0 Å². The Hall–Kier alpha value is -0.260. The first-order chi connectivity index (χ1) is 3.93. The molecule has 0 aliphatic heterocycles. The minimum Gasteiger partial charge on any atom is -0.0883 e. The molecule has 0 unspecified atom stereocenters. The molecule has 0 aromatic carbocycles. The highest BCUT2D eigenvalue weighted by Gasteiger charge is 2.16. The monoisotopic (exact) mass is 110 g/mol. The zero-order valence-corrected chi connectivity index (χ0v) is 5.56. The molecule has 0 atom stereocenters. The van der Waals surface area contributed by atoms with Crippen LogP contribution in [0.2, 0.25) is 0 Å². The Morgan fingerprint density at radius 2 is 2.25 bits per heavy atom. The molecule has 0 aromatic rings. The molecule has 8 heavy (non-hydrogen) atoms. The van der Waals surface area contributed by atoms with Gasteiger partial charge in [-0.3, -0.25) is 0 Å². The third-order valence-electron chi connectivity index (χ3n) is 1.49. The van der Waals surface area contributed by atoms with E-state index in [1.807, 2.05) is 0 Å². The van der Waals surface area contributed by atoms with Crippen LogP contribution in [0.1, 0.15) is 32.6 Å². The molecule has 0 saturated heterocycles. The first kappa shape index (κ1) is 5.87. The predicted octanol–water partition coefficient (Wildman–Crippen LogP) is 2.75. The smallest absolute Gasteiger partial charge is 0.0233 e. The zero-order valence-electron chi connectivity index (χ0n) is 5.56. The topological polar surface area (TPSA) is 0 Å². The minimum absolute atomic E-state index is 0.974. The van der Waals surface area contributed by atoms with E-state index >= 15 is 0 Å². The number of allylic oxidation sites excluding steroid dienone is 2. The Bertz CT molecular complexity index is 78.0. The minimum atomic E-state index is 0.974. The van der Waals surface area contributed by atoms with Crippen LogP contribution in [0.3, 0.4) is 0 Å². The van der Waals surface area contributed by atoms with Gasteiger partial charge in [-0.2, -0.15) is 0 Å². The molecular formula is C8H14. The predicted molar refractivity (Wildman–Crippen MR) is 36.8 cm³/mol. The van der Waals surface area contributed by atoms with Gasteiger partial charge in [0.15, 0.2) is 0 Å². The van der Waals surface area contributed by atoms with Gasteiger partial charge >= 0.3 is 0 Å². The molecule has 1 fully saturated rings. The average molecular weight is 110 g/mol. The average Bonchev–Trinajstić information content (AvgIpc) is 2.51. The van der Waals surface area contributed by atoms with Gasteiger partial charge in [-0.15, -0.1) is 0 Å². The highest BCUT2D eigenvalue weighted by atomic mass is 14.2. The molecule has 1 aliphatic carbocycles. The van der Waals surface area contributed by atoms with Crippen molar-refractivity contribution in [2.45, 2.75) is 32.6 Å². The van der Waals surface area contributed by atoms with Crippen molar-refractivity contribution in [3.63, 3.8) is 0 Å². The van der Waals surface area contributed by atoms with Gasteiger partial charge in [0.2, 0.25) is 0 Å². The molecule has 0 heteroatoms. The lowest BCUT2D eigenvalue weighted by Crippen LogP contribution is -1.63. The van der Waals surface area contributed by atoms with Crippen molar-refractivity contribution in [2.24, 2.45) is 5.92 Å². The van der Waals surface area contributed by atoms with Crippen molar-refractivity contribution >= 4 is 0 Å². The number of hydrogen-bond donors (Lipinski definition) is 0. The van der Waals surface area contributed by atoms with Gasteiger partial charge in [0.05, 0.1) is 0 Å². The first-order valence-corrected chi connectivity index (χ1v) is 3.60. The number of unbranched alkanes of at least 4 members (excludes halogenated alkanes) is 1. The summed E-state index contributed by atoms with van der Waals surface area (Å²) in [5.41, 5.74) is 0. The van der Waals surface area contributed by atoms with Crippen LogP contribution in [0.5, 0.6) is 0 Å². The fraction of sp³-hybridized carbons (Fsp3) is 0.750. The molecular weight excluding hydrogens is 96.1 g/mol. The molecule has 46 valence electrons. The largest absolute Gasteiger partial charge is 0.0883 e. The summed E-state index contributed by atoms with van der Waals surface area (Å²) in [4.78, 5) is 0. The Kier molecular flexibility index (Phi) is 2.13. The second-order valence-corrected chi connectivity index (χ2v) is 2.55. The van der Waals surface area contributed by atoms with E-state index in [1.165, 1.54) is 25.7 Å². The van der Waals surface area contributed by atoms with Crippen LogP contribution in [0.4, 0.5) is 0 Å². The molecule has 1 aliphatic rings. The quantitative estimate of drug-likeness (QED) is 0.490. The molecule has 0 N–H and O–H groups in total. The van der Waals surface area contributed by atoms with E-state index in [-0.39, 0.29) is 0 Å². The van der Waals surface area contributed by atoms with Crippen LogP contribution in [-0.4, -0.2) is 0 Å². The SMILES string of the molecule is CCCC=CC1CC1. The lowest BCUT2D eigenvalue weighted by Gasteiger charge is -1.81. The second-order valence-electron chi connectivity index (χ2n) is 2.55. The van der Waals surface area contributed by atoms with Gasteiger partial charge in [-0.05, 0) is 25.2 Å². The summed E-state index contributed by atoms with van der Waals surface area (Å²) in [6.45, 7) is 2.22. The van der Waals surface area contributed by atoms with E-state index in [0.29, 0.717) is 0 Å². The van der Waals surface area contributed by atoms with Gasteiger partial charge < -0.3 is 0 Å². The van der Waals surface area contributed by atoms with Crippen molar-refractivity contribution in [1.29, 1.82) is 0 Å². The molecule has 1 rings (SSSR count). The molecule has 0 spiro atoms. The highest BCUT2D eigenvalue weighted by molar-refractivity contribution is 4.95. The first-order valence-electron chi connectivity index (χ1n) is 3.60. The summed E-state index contributed by atoms with van der Waals surface area (Å²) in [6.07, 6.45) is 10.1.